The summed E-state index contributed by atoms with van der Waals surface area (Å²) in [5.74, 6) is 0. The van der Waals surface area contributed by atoms with E-state index in [9.17, 15) is 5.11 Å². The molecule has 0 aromatic heterocycles. The lowest BCUT2D eigenvalue weighted by Crippen LogP contribution is -2.21. The Labute approximate surface area is 74.2 Å². The van der Waals surface area contributed by atoms with Crippen LogP contribution >= 0.6 is 0 Å². The molecule has 1 N–H and O–H groups in total. The smallest absolute Gasteiger partial charge is 0.0892 e. The molecule has 1 heterocycles. The van der Waals surface area contributed by atoms with Gasteiger partial charge in [-0.3, -0.25) is 0 Å². The minimum Gasteiger partial charge on any atom is -0.386 e. The largest absolute Gasteiger partial charge is 0.386 e. The zero-order valence-corrected chi connectivity index (χ0v) is 8.13. The van der Waals surface area contributed by atoms with Gasteiger partial charge < -0.3 is 9.84 Å². The average Bonchev–Trinajstić information content (AvgIpc) is 2.56. The predicted octanol–water partition coefficient (Wildman–Crippen LogP) is 1.88. The Hall–Kier alpha value is -0.340. The van der Waals surface area contributed by atoms with E-state index in [1.807, 2.05) is 0 Å². The molecule has 12 heavy (non-hydrogen) atoms. The highest BCUT2D eigenvalue weighted by Crippen LogP contribution is 2.39. The first-order chi connectivity index (χ1) is 5.37. The van der Waals surface area contributed by atoms with E-state index in [0.29, 0.717) is 6.10 Å². The molecule has 2 unspecified atom stereocenters. The third-order valence-corrected chi connectivity index (χ3v) is 2.52. The van der Waals surface area contributed by atoms with Crippen LogP contribution in [0.3, 0.4) is 0 Å². The molecule has 2 heteroatoms. The molecule has 0 saturated carbocycles. The molecule has 0 aromatic carbocycles. The van der Waals surface area contributed by atoms with E-state index in [-0.39, 0.29) is 5.60 Å². The van der Waals surface area contributed by atoms with Crippen LogP contribution in [0.25, 0.3) is 0 Å². The molecule has 1 saturated heterocycles. The molecular formula is C10H18O2. The van der Waals surface area contributed by atoms with E-state index in [2.05, 4.69) is 20.4 Å². The number of rotatable bonds is 4. The van der Waals surface area contributed by atoms with Crippen molar-refractivity contribution in [2.75, 3.05) is 0 Å². The second kappa shape index (κ2) is 2.86. The zero-order valence-electron chi connectivity index (χ0n) is 8.13. The van der Waals surface area contributed by atoms with Gasteiger partial charge in [0.25, 0.3) is 0 Å². The van der Waals surface area contributed by atoms with Gasteiger partial charge in [0, 0.05) is 0 Å². The number of ether oxygens (including phenoxy) is 1. The van der Waals surface area contributed by atoms with Crippen LogP contribution in [0, 0.1) is 0 Å². The number of aliphatic hydroxyl groups is 1. The summed E-state index contributed by atoms with van der Waals surface area (Å²) in [4.78, 5) is 0. The summed E-state index contributed by atoms with van der Waals surface area (Å²) in [5.41, 5.74) is -0.695. The molecule has 0 amide bonds. The van der Waals surface area contributed by atoms with Crippen LogP contribution in [0.15, 0.2) is 12.7 Å². The summed E-state index contributed by atoms with van der Waals surface area (Å²) >= 11 is 0. The summed E-state index contributed by atoms with van der Waals surface area (Å²) in [6.45, 7) is 9.49. The summed E-state index contributed by atoms with van der Waals surface area (Å²) in [6, 6.07) is 0. The maximum atomic E-state index is 9.60. The lowest BCUT2D eigenvalue weighted by Gasteiger charge is -2.17. The molecule has 0 aliphatic carbocycles. The van der Waals surface area contributed by atoms with Gasteiger partial charge in [-0.15, -0.1) is 6.58 Å². The fourth-order valence-corrected chi connectivity index (χ4v) is 1.26. The standard InChI is InChI=1S/C10H18O2/c1-5-10(4,11)7-6-8-9(2,3)12-8/h5,8,11H,1,6-7H2,2-4H3. The molecule has 1 aliphatic rings. The van der Waals surface area contributed by atoms with Crippen molar-refractivity contribution in [1.29, 1.82) is 0 Å². The van der Waals surface area contributed by atoms with Crippen LogP contribution in [-0.4, -0.2) is 22.4 Å². The van der Waals surface area contributed by atoms with Gasteiger partial charge in [-0.05, 0) is 33.6 Å². The first-order valence-corrected chi connectivity index (χ1v) is 4.41. The van der Waals surface area contributed by atoms with Gasteiger partial charge in [-0.25, -0.2) is 0 Å². The third kappa shape index (κ3) is 2.32. The Morgan fingerprint density at radius 1 is 1.67 bits per heavy atom. The third-order valence-electron chi connectivity index (χ3n) is 2.52. The van der Waals surface area contributed by atoms with Crippen LogP contribution < -0.4 is 0 Å². The monoisotopic (exact) mass is 170 g/mol. The van der Waals surface area contributed by atoms with Crippen molar-refractivity contribution in [2.45, 2.75) is 50.9 Å². The van der Waals surface area contributed by atoms with Gasteiger partial charge in [-0.1, -0.05) is 6.08 Å². The minimum absolute atomic E-state index is 0.0389. The average molecular weight is 170 g/mol. The molecule has 1 aliphatic heterocycles. The Bertz CT molecular complexity index is 182. The molecule has 0 aromatic rings. The van der Waals surface area contributed by atoms with Crippen LogP contribution in [0.5, 0.6) is 0 Å². The quantitative estimate of drug-likeness (QED) is 0.516. The highest BCUT2D eigenvalue weighted by molar-refractivity contribution is 4.98. The predicted molar refractivity (Wildman–Crippen MR) is 49.0 cm³/mol. The summed E-state index contributed by atoms with van der Waals surface area (Å²) in [6.07, 6.45) is 3.54. The van der Waals surface area contributed by atoms with Gasteiger partial charge in [-0.2, -0.15) is 0 Å². The van der Waals surface area contributed by atoms with Gasteiger partial charge >= 0.3 is 0 Å². The van der Waals surface area contributed by atoms with E-state index < -0.39 is 5.60 Å². The number of hydrogen-bond donors (Lipinski definition) is 1. The molecule has 0 radical (unpaired) electrons. The first kappa shape index (κ1) is 9.75. The van der Waals surface area contributed by atoms with Crippen molar-refractivity contribution < 1.29 is 9.84 Å². The van der Waals surface area contributed by atoms with Gasteiger partial charge in [0.1, 0.15) is 0 Å². The van der Waals surface area contributed by atoms with Crippen molar-refractivity contribution in [3.63, 3.8) is 0 Å². The van der Waals surface area contributed by atoms with Gasteiger partial charge in [0.15, 0.2) is 0 Å². The van der Waals surface area contributed by atoms with Crippen LogP contribution in [0.1, 0.15) is 33.6 Å². The Morgan fingerprint density at radius 3 is 2.50 bits per heavy atom. The van der Waals surface area contributed by atoms with Crippen molar-refractivity contribution in [3.8, 4) is 0 Å². The molecule has 70 valence electrons. The zero-order chi connectivity index (χ0) is 9.41. The van der Waals surface area contributed by atoms with Gasteiger partial charge in [0.05, 0.1) is 17.3 Å². The fraction of sp³-hybridized carbons (Fsp3) is 0.800. The van der Waals surface area contributed by atoms with E-state index in [0.717, 1.165) is 12.8 Å². The van der Waals surface area contributed by atoms with Crippen molar-refractivity contribution in [2.24, 2.45) is 0 Å². The van der Waals surface area contributed by atoms with Crippen molar-refractivity contribution >= 4 is 0 Å². The molecule has 2 nitrogen and oxygen atoms in total. The van der Waals surface area contributed by atoms with Crippen LogP contribution in [0.4, 0.5) is 0 Å². The lowest BCUT2D eigenvalue weighted by atomic mass is 9.96. The topological polar surface area (TPSA) is 32.8 Å². The lowest BCUT2D eigenvalue weighted by molar-refractivity contribution is 0.0967. The van der Waals surface area contributed by atoms with Crippen molar-refractivity contribution in [1.82, 2.24) is 0 Å². The molecule has 1 fully saturated rings. The van der Waals surface area contributed by atoms with E-state index in [4.69, 9.17) is 4.74 Å². The maximum Gasteiger partial charge on any atom is 0.0892 e. The first-order valence-electron chi connectivity index (χ1n) is 4.41. The Balaban J connectivity index is 2.24. The minimum atomic E-state index is -0.734. The van der Waals surface area contributed by atoms with Crippen LogP contribution in [-0.2, 0) is 4.74 Å². The van der Waals surface area contributed by atoms with E-state index >= 15 is 0 Å². The van der Waals surface area contributed by atoms with E-state index in [1.54, 1.807) is 13.0 Å². The summed E-state index contributed by atoms with van der Waals surface area (Å²) in [5, 5.41) is 9.60. The fourth-order valence-electron chi connectivity index (χ4n) is 1.26. The molecule has 0 bridgehead atoms. The molecule has 2 atom stereocenters. The summed E-state index contributed by atoms with van der Waals surface area (Å²) < 4.78 is 5.40. The second-order valence-electron chi connectivity index (χ2n) is 4.31. The molecule has 1 rings (SSSR count). The Morgan fingerprint density at radius 2 is 2.17 bits per heavy atom. The highest BCUT2D eigenvalue weighted by Gasteiger charge is 2.47. The molecular weight excluding hydrogens is 152 g/mol. The number of hydrogen-bond acceptors (Lipinski definition) is 2. The normalized spacial score (nSPS) is 30.8. The van der Waals surface area contributed by atoms with Crippen molar-refractivity contribution in [3.05, 3.63) is 12.7 Å². The van der Waals surface area contributed by atoms with E-state index in [1.165, 1.54) is 0 Å². The SMILES string of the molecule is C=CC(C)(O)CCC1OC1(C)C. The molecule has 0 spiro atoms. The van der Waals surface area contributed by atoms with Gasteiger partial charge in [0.2, 0.25) is 0 Å². The Kier molecular flexibility index (Phi) is 2.32. The highest BCUT2D eigenvalue weighted by atomic mass is 16.6. The van der Waals surface area contributed by atoms with Crippen LogP contribution in [0.2, 0.25) is 0 Å². The maximum absolute atomic E-state index is 9.60. The second-order valence-corrected chi connectivity index (χ2v) is 4.31. The summed E-state index contributed by atoms with van der Waals surface area (Å²) in [7, 11) is 0. The number of epoxide rings is 1.